The molecule has 1 atom stereocenters. The van der Waals surface area contributed by atoms with E-state index in [1.165, 1.54) is 24.3 Å². The molecule has 8 heteroatoms. The number of benzene rings is 2. The van der Waals surface area contributed by atoms with Gasteiger partial charge in [-0.2, -0.15) is 21.5 Å². The van der Waals surface area contributed by atoms with Crippen LogP contribution in [0.3, 0.4) is 0 Å². The molecule has 0 aliphatic rings. The first-order valence-corrected chi connectivity index (χ1v) is 10.6. The maximum atomic E-state index is 13.7. The number of nitrogens with one attached hydrogen (secondary N) is 1. The highest BCUT2D eigenvalue weighted by atomic mass is 35.5. The predicted molar refractivity (Wildman–Crippen MR) is 116 cm³/mol. The Balaban J connectivity index is 2.15. The number of rotatable bonds is 6. The van der Waals surface area contributed by atoms with E-state index in [-0.39, 0.29) is 17.3 Å². The largest absolute Gasteiger partial charge is 0.349 e. The van der Waals surface area contributed by atoms with Gasteiger partial charge in [0.15, 0.2) is 0 Å². The van der Waals surface area contributed by atoms with Crippen molar-refractivity contribution in [3.05, 3.63) is 81.4 Å². The number of halogens is 2. The molecule has 1 amide bonds. The van der Waals surface area contributed by atoms with Crippen molar-refractivity contribution in [2.24, 2.45) is 0 Å². The van der Waals surface area contributed by atoms with Gasteiger partial charge in [0.25, 0.3) is 11.5 Å². The lowest BCUT2D eigenvalue weighted by atomic mass is 10.1. The minimum Gasteiger partial charge on any atom is -0.349 e. The highest BCUT2D eigenvalue weighted by Gasteiger charge is 2.19. The average molecular weight is 432 g/mol. The lowest BCUT2D eigenvalue weighted by Crippen LogP contribution is -2.39. The summed E-state index contributed by atoms with van der Waals surface area (Å²) < 4.78 is 14.8. The average Bonchev–Trinajstić information content (AvgIpc) is 2.69. The van der Waals surface area contributed by atoms with Crippen LogP contribution < -0.4 is 10.9 Å². The molecule has 1 N–H and O–H groups in total. The normalized spacial score (nSPS) is 11.9. The van der Waals surface area contributed by atoms with Crippen molar-refractivity contribution in [2.45, 2.75) is 13.0 Å². The van der Waals surface area contributed by atoms with E-state index in [4.69, 9.17) is 11.6 Å². The Morgan fingerprint density at radius 2 is 1.97 bits per heavy atom. The van der Waals surface area contributed by atoms with Crippen LogP contribution in [0.2, 0.25) is 5.02 Å². The number of thioether (sulfide) groups is 1. The van der Waals surface area contributed by atoms with Crippen LogP contribution in [0.4, 0.5) is 4.39 Å². The van der Waals surface area contributed by atoms with Crippen LogP contribution in [0.15, 0.2) is 59.4 Å². The second kappa shape index (κ2) is 9.24. The Morgan fingerprint density at radius 3 is 2.62 bits per heavy atom. The standard InChI is InChI=1S/C21H19ClFN3O2S/c1-13(12-29-2)24-20(27)18-11-19(14-6-8-15(22)9-7-14)25-26(21(18)28)17-5-3-4-16(23)10-17/h3-11,13H,12H2,1-2H3,(H,24,27). The van der Waals surface area contributed by atoms with E-state index in [9.17, 15) is 14.0 Å². The third kappa shape index (κ3) is 5.05. The summed E-state index contributed by atoms with van der Waals surface area (Å²) in [5.41, 5.74) is 0.611. The Labute approximate surface area is 176 Å². The van der Waals surface area contributed by atoms with Crippen molar-refractivity contribution in [2.75, 3.05) is 12.0 Å². The zero-order chi connectivity index (χ0) is 21.0. The number of hydrogen-bond acceptors (Lipinski definition) is 4. The van der Waals surface area contributed by atoms with E-state index >= 15 is 0 Å². The maximum Gasteiger partial charge on any atom is 0.284 e. The molecule has 0 saturated carbocycles. The Morgan fingerprint density at radius 1 is 1.24 bits per heavy atom. The van der Waals surface area contributed by atoms with Crippen molar-refractivity contribution >= 4 is 29.3 Å². The second-order valence-electron chi connectivity index (χ2n) is 6.48. The summed E-state index contributed by atoms with van der Waals surface area (Å²) >= 11 is 7.54. The van der Waals surface area contributed by atoms with Gasteiger partial charge in [0.1, 0.15) is 11.4 Å². The van der Waals surface area contributed by atoms with Crippen LogP contribution in [0, 0.1) is 5.82 Å². The minimum atomic E-state index is -0.623. The fraction of sp³-hybridized carbons (Fsp3) is 0.190. The molecule has 29 heavy (non-hydrogen) atoms. The molecular weight excluding hydrogens is 413 g/mol. The molecule has 0 radical (unpaired) electrons. The number of carbonyl (C=O) groups excluding carboxylic acids is 1. The molecule has 3 rings (SSSR count). The van der Waals surface area contributed by atoms with E-state index in [0.29, 0.717) is 22.0 Å². The zero-order valence-corrected chi connectivity index (χ0v) is 17.4. The van der Waals surface area contributed by atoms with Crippen LogP contribution in [0.1, 0.15) is 17.3 Å². The highest BCUT2D eigenvalue weighted by Crippen LogP contribution is 2.20. The number of hydrogen-bond donors (Lipinski definition) is 1. The lowest BCUT2D eigenvalue weighted by molar-refractivity contribution is 0.0941. The van der Waals surface area contributed by atoms with Crippen LogP contribution in [0.25, 0.3) is 16.9 Å². The van der Waals surface area contributed by atoms with Crippen LogP contribution in [-0.4, -0.2) is 33.7 Å². The molecule has 5 nitrogen and oxygen atoms in total. The monoisotopic (exact) mass is 431 g/mol. The van der Waals surface area contributed by atoms with E-state index in [1.807, 2.05) is 13.2 Å². The first-order chi connectivity index (χ1) is 13.9. The van der Waals surface area contributed by atoms with Gasteiger partial charge in [0.2, 0.25) is 0 Å². The van der Waals surface area contributed by atoms with Crippen LogP contribution in [-0.2, 0) is 0 Å². The fourth-order valence-electron chi connectivity index (χ4n) is 2.80. The second-order valence-corrected chi connectivity index (χ2v) is 7.82. The molecule has 0 aliphatic heterocycles. The van der Waals surface area contributed by atoms with Gasteiger partial charge in [0, 0.05) is 22.4 Å². The molecule has 0 aliphatic carbocycles. The van der Waals surface area contributed by atoms with Crippen molar-refractivity contribution in [3.8, 4) is 16.9 Å². The van der Waals surface area contributed by atoms with Crippen molar-refractivity contribution in [1.29, 1.82) is 0 Å². The molecule has 1 heterocycles. The molecule has 150 valence electrons. The van der Waals surface area contributed by atoms with E-state index in [2.05, 4.69) is 10.4 Å². The summed E-state index contributed by atoms with van der Waals surface area (Å²) in [4.78, 5) is 25.8. The molecule has 0 saturated heterocycles. The Hall–Kier alpha value is -2.64. The summed E-state index contributed by atoms with van der Waals surface area (Å²) in [6.45, 7) is 1.86. The van der Waals surface area contributed by atoms with Gasteiger partial charge in [-0.05, 0) is 49.6 Å². The van der Waals surface area contributed by atoms with Gasteiger partial charge in [-0.1, -0.05) is 29.8 Å². The van der Waals surface area contributed by atoms with Gasteiger partial charge < -0.3 is 5.32 Å². The Kier molecular flexibility index (Phi) is 6.71. The Bertz CT molecular complexity index is 1090. The van der Waals surface area contributed by atoms with Gasteiger partial charge in [-0.3, -0.25) is 9.59 Å². The molecule has 1 unspecified atom stereocenters. The molecule has 0 spiro atoms. The van der Waals surface area contributed by atoms with Crippen molar-refractivity contribution in [1.82, 2.24) is 15.1 Å². The topological polar surface area (TPSA) is 64.0 Å². The molecule has 1 aromatic heterocycles. The number of carbonyl (C=O) groups is 1. The van der Waals surface area contributed by atoms with Gasteiger partial charge in [-0.15, -0.1) is 0 Å². The van der Waals surface area contributed by atoms with Crippen molar-refractivity contribution < 1.29 is 9.18 Å². The van der Waals surface area contributed by atoms with E-state index < -0.39 is 17.3 Å². The fourth-order valence-corrected chi connectivity index (χ4v) is 3.50. The number of nitrogens with zero attached hydrogens (tertiary/aromatic N) is 2. The van der Waals surface area contributed by atoms with Crippen LogP contribution >= 0.6 is 23.4 Å². The predicted octanol–water partition coefficient (Wildman–Crippen LogP) is 4.17. The quantitative estimate of drug-likeness (QED) is 0.636. The molecule has 0 bridgehead atoms. The van der Waals surface area contributed by atoms with Gasteiger partial charge in [-0.25, -0.2) is 4.39 Å². The summed E-state index contributed by atoms with van der Waals surface area (Å²) in [5, 5.41) is 7.72. The summed E-state index contributed by atoms with van der Waals surface area (Å²) in [7, 11) is 0. The van der Waals surface area contributed by atoms with Crippen LogP contribution in [0.5, 0.6) is 0 Å². The molecule has 3 aromatic rings. The van der Waals surface area contributed by atoms with E-state index in [0.717, 1.165) is 4.68 Å². The molecule has 0 fully saturated rings. The summed E-state index contributed by atoms with van der Waals surface area (Å²) in [5.74, 6) is -0.300. The third-order valence-corrected chi connectivity index (χ3v) is 5.23. The van der Waals surface area contributed by atoms with Crippen molar-refractivity contribution in [3.63, 3.8) is 0 Å². The summed E-state index contributed by atoms with van der Waals surface area (Å²) in [6, 6.07) is 13.7. The summed E-state index contributed by atoms with van der Waals surface area (Å²) in [6.07, 6.45) is 1.94. The van der Waals surface area contributed by atoms with E-state index in [1.54, 1.807) is 42.1 Å². The smallest absolute Gasteiger partial charge is 0.284 e. The minimum absolute atomic E-state index is 0.0674. The first kappa shape index (κ1) is 21.1. The zero-order valence-electron chi connectivity index (χ0n) is 15.9. The third-order valence-electron chi connectivity index (χ3n) is 4.14. The SMILES string of the molecule is CSCC(C)NC(=O)c1cc(-c2ccc(Cl)cc2)nn(-c2cccc(F)c2)c1=O. The first-order valence-electron chi connectivity index (χ1n) is 8.85. The molecular formula is C21H19ClFN3O2S. The van der Waals surface area contributed by atoms with Gasteiger partial charge >= 0.3 is 0 Å². The maximum absolute atomic E-state index is 13.7. The molecule has 2 aromatic carbocycles. The lowest BCUT2D eigenvalue weighted by Gasteiger charge is -2.14. The number of amides is 1. The number of aromatic nitrogens is 2. The highest BCUT2D eigenvalue weighted by molar-refractivity contribution is 7.98. The van der Waals surface area contributed by atoms with Gasteiger partial charge in [0.05, 0.1) is 11.4 Å².